The molecule has 0 spiro atoms. The van der Waals surface area contributed by atoms with Gasteiger partial charge in [-0.25, -0.2) is 14.5 Å². The molecule has 3 aromatic heterocycles. The van der Waals surface area contributed by atoms with Crippen molar-refractivity contribution in [1.29, 1.82) is 0 Å². The van der Waals surface area contributed by atoms with E-state index in [1.807, 2.05) is 0 Å². The Morgan fingerprint density at radius 3 is 2.96 bits per heavy atom. The molecule has 1 amide bonds. The molecule has 0 bridgehead atoms. The number of hydrogen-bond acceptors (Lipinski definition) is 6. The van der Waals surface area contributed by atoms with Gasteiger partial charge in [-0.3, -0.25) is 4.79 Å². The van der Waals surface area contributed by atoms with Crippen molar-refractivity contribution in [3.05, 3.63) is 22.6 Å². The van der Waals surface area contributed by atoms with Crippen LogP contribution in [0.3, 0.4) is 0 Å². The van der Waals surface area contributed by atoms with Gasteiger partial charge in [0.05, 0.1) is 11.5 Å². The Labute approximate surface area is 161 Å². The molecule has 0 radical (unpaired) electrons. The van der Waals surface area contributed by atoms with Crippen LogP contribution >= 0.6 is 11.3 Å². The first-order valence-corrected chi connectivity index (χ1v) is 10.2. The zero-order chi connectivity index (χ0) is 19.3. The van der Waals surface area contributed by atoms with Gasteiger partial charge in [0.2, 0.25) is 5.82 Å². The number of carbonyl (C=O) groups is 1. The Balaban J connectivity index is 1.74. The fourth-order valence-electron chi connectivity index (χ4n) is 3.73. The molecule has 1 aliphatic carbocycles. The van der Waals surface area contributed by atoms with Crippen LogP contribution < -0.4 is 5.32 Å². The summed E-state index contributed by atoms with van der Waals surface area (Å²) >= 11 is 1.74. The summed E-state index contributed by atoms with van der Waals surface area (Å²) < 4.78 is 1.59. The molecule has 2 atom stereocenters. The summed E-state index contributed by atoms with van der Waals surface area (Å²) in [6.07, 6.45) is 4.24. The number of nitrogens with zero attached hydrogens (tertiary/aromatic N) is 4. The normalized spacial score (nSPS) is 18.6. The lowest BCUT2D eigenvalue weighted by Crippen LogP contribution is -2.31. The van der Waals surface area contributed by atoms with Crippen LogP contribution in [0.2, 0.25) is 0 Å². The first kappa shape index (κ1) is 18.3. The average molecular weight is 388 g/mol. The fourth-order valence-corrected chi connectivity index (χ4v) is 4.99. The number of aliphatic hydroxyl groups is 1. The largest absolute Gasteiger partial charge is 0.392 e. The van der Waals surface area contributed by atoms with Gasteiger partial charge in [-0.15, -0.1) is 16.4 Å². The van der Waals surface area contributed by atoms with Crippen molar-refractivity contribution in [1.82, 2.24) is 24.9 Å². The first-order valence-electron chi connectivity index (χ1n) is 9.36. The van der Waals surface area contributed by atoms with Gasteiger partial charge < -0.3 is 10.4 Å². The summed E-state index contributed by atoms with van der Waals surface area (Å²) in [5.41, 5.74) is 2.30. The molecule has 0 aliphatic heterocycles. The number of thiophene rings is 1. The number of aliphatic hydroxyl groups excluding tert-OH is 1. The zero-order valence-corrected chi connectivity index (χ0v) is 16.9. The molecule has 3 aromatic rings. The predicted octanol–water partition coefficient (Wildman–Crippen LogP) is 2.60. The third-order valence-corrected chi connectivity index (χ3v) is 6.53. The molecule has 0 saturated carbocycles. The van der Waals surface area contributed by atoms with E-state index in [0.29, 0.717) is 17.0 Å². The smallest absolute Gasteiger partial charge is 0.291 e. The molecule has 7 nitrogen and oxygen atoms in total. The molecule has 0 fully saturated rings. The number of aryl methyl sites for hydroxylation is 1. The van der Waals surface area contributed by atoms with E-state index in [-0.39, 0.29) is 18.3 Å². The van der Waals surface area contributed by atoms with E-state index in [4.69, 9.17) is 0 Å². The maximum atomic E-state index is 12.3. The lowest BCUT2D eigenvalue weighted by atomic mass is 9.72. The fraction of sp³-hybridized carbons (Fsp3) is 0.579. The second kappa shape index (κ2) is 6.53. The van der Waals surface area contributed by atoms with E-state index in [1.54, 1.807) is 29.1 Å². The second-order valence-corrected chi connectivity index (χ2v) is 9.58. The number of fused-ring (bicyclic) bond motifs is 5. The van der Waals surface area contributed by atoms with Gasteiger partial charge in [0.1, 0.15) is 11.2 Å². The summed E-state index contributed by atoms with van der Waals surface area (Å²) in [4.78, 5) is 23.7. The molecular formula is C19H25N5O2S. The van der Waals surface area contributed by atoms with E-state index in [0.717, 1.165) is 29.5 Å². The molecule has 1 aliphatic rings. The SMILES string of the molecule is C[C@@H](O)CNC(=O)c1nc2c3c4c(sc3ncn2n1)C[C@@H](C(C)(C)C)CC4. The van der Waals surface area contributed by atoms with Crippen molar-refractivity contribution < 1.29 is 9.90 Å². The van der Waals surface area contributed by atoms with Crippen LogP contribution in [0.5, 0.6) is 0 Å². The Bertz CT molecular complexity index is 1010. The van der Waals surface area contributed by atoms with Crippen molar-refractivity contribution in [2.45, 2.75) is 53.1 Å². The minimum atomic E-state index is -0.612. The minimum Gasteiger partial charge on any atom is -0.392 e. The van der Waals surface area contributed by atoms with Crippen LogP contribution in [0.1, 0.15) is 55.2 Å². The number of hydrogen-bond donors (Lipinski definition) is 2. The highest BCUT2D eigenvalue weighted by Crippen LogP contribution is 2.43. The van der Waals surface area contributed by atoms with Crippen LogP contribution in [-0.4, -0.2) is 43.2 Å². The lowest BCUT2D eigenvalue weighted by molar-refractivity contribution is 0.0914. The highest BCUT2D eigenvalue weighted by atomic mass is 32.1. The molecule has 8 heteroatoms. The molecule has 2 N–H and O–H groups in total. The standard InChI is InChI=1S/C19H25N5O2S/c1-10(25)8-20-17(26)15-22-16-14-12-6-5-11(19(2,3)4)7-13(12)27-18(14)21-9-24(16)23-15/h9-11,25H,5-8H2,1-4H3,(H,20,26)/t10-,11+/m1/s1. The van der Waals surface area contributed by atoms with Crippen molar-refractivity contribution in [2.75, 3.05) is 6.54 Å². The Morgan fingerprint density at radius 1 is 1.48 bits per heavy atom. The number of nitrogens with one attached hydrogen (secondary N) is 1. The second-order valence-electron chi connectivity index (χ2n) is 8.50. The number of carbonyl (C=O) groups excluding carboxylic acids is 1. The molecule has 4 rings (SSSR count). The molecule has 0 saturated heterocycles. The van der Waals surface area contributed by atoms with E-state index >= 15 is 0 Å². The maximum Gasteiger partial charge on any atom is 0.291 e. The molecule has 0 aromatic carbocycles. The monoisotopic (exact) mass is 387 g/mol. The summed E-state index contributed by atoms with van der Waals surface area (Å²) in [7, 11) is 0. The van der Waals surface area contributed by atoms with Gasteiger partial charge in [0.25, 0.3) is 5.91 Å². The lowest BCUT2D eigenvalue weighted by Gasteiger charge is -2.33. The molecule has 27 heavy (non-hydrogen) atoms. The third kappa shape index (κ3) is 3.32. The van der Waals surface area contributed by atoms with E-state index in [2.05, 4.69) is 41.2 Å². The average Bonchev–Trinajstić information content (AvgIpc) is 3.18. The van der Waals surface area contributed by atoms with E-state index in [1.165, 1.54) is 10.4 Å². The van der Waals surface area contributed by atoms with Crippen molar-refractivity contribution in [3.8, 4) is 0 Å². The van der Waals surface area contributed by atoms with Crippen molar-refractivity contribution >= 4 is 33.1 Å². The Kier molecular flexibility index (Phi) is 4.43. The Hall–Kier alpha value is -2.06. The summed E-state index contributed by atoms with van der Waals surface area (Å²) in [5, 5.41) is 17.3. The molecule has 0 unspecified atom stereocenters. The minimum absolute atomic E-state index is 0.105. The molecule has 144 valence electrons. The summed E-state index contributed by atoms with van der Waals surface area (Å²) in [6.45, 7) is 8.71. The van der Waals surface area contributed by atoms with Gasteiger partial charge in [-0.05, 0) is 43.1 Å². The highest BCUT2D eigenvalue weighted by molar-refractivity contribution is 7.19. The van der Waals surface area contributed by atoms with Crippen molar-refractivity contribution in [3.63, 3.8) is 0 Å². The van der Waals surface area contributed by atoms with Gasteiger partial charge >= 0.3 is 0 Å². The molecular weight excluding hydrogens is 362 g/mol. The zero-order valence-electron chi connectivity index (χ0n) is 16.1. The van der Waals surface area contributed by atoms with Crippen LogP contribution in [0.25, 0.3) is 15.9 Å². The number of rotatable bonds is 3. The van der Waals surface area contributed by atoms with Crippen molar-refractivity contribution in [2.24, 2.45) is 11.3 Å². The van der Waals surface area contributed by atoms with E-state index in [9.17, 15) is 9.90 Å². The Morgan fingerprint density at radius 2 is 2.26 bits per heavy atom. The van der Waals surface area contributed by atoms with Gasteiger partial charge in [0, 0.05) is 11.4 Å². The van der Waals surface area contributed by atoms with Gasteiger partial charge in [0.15, 0.2) is 5.65 Å². The van der Waals surface area contributed by atoms with Gasteiger partial charge in [-0.1, -0.05) is 20.8 Å². The van der Waals surface area contributed by atoms with Crippen LogP contribution in [-0.2, 0) is 12.8 Å². The van der Waals surface area contributed by atoms with Gasteiger partial charge in [-0.2, -0.15) is 0 Å². The van der Waals surface area contributed by atoms with Crippen LogP contribution in [0, 0.1) is 11.3 Å². The topological polar surface area (TPSA) is 92.4 Å². The highest BCUT2D eigenvalue weighted by Gasteiger charge is 2.32. The summed E-state index contributed by atoms with van der Waals surface area (Å²) in [5.74, 6) is 0.381. The predicted molar refractivity (Wildman–Crippen MR) is 105 cm³/mol. The number of amides is 1. The third-order valence-electron chi connectivity index (χ3n) is 5.37. The van der Waals surface area contributed by atoms with Crippen LogP contribution in [0.4, 0.5) is 0 Å². The first-order chi connectivity index (χ1) is 12.7. The number of aromatic nitrogens is 4. The maximum absolute atomic E-state index is 12.3. The summed E-state index contributed by atoms with van der Waals surface area (Å²) in [6, 6.07) is 0. The van der Waals surface area contributed by atoms with Crippen LogP contribution in [0.15, 0.2) is 6.33 Å². The molecule has 3 heterocycles. The quantitative estimate of drug-likeness (QED) is 0.721. The van der Waals surface area contributed by atoms with E-state index < -0.39 is 6.10 Å².